The Labute approximate surface area is 124 Å². The molecule has 1 N–H and O–H groups in total. The van der Waals surface area contributed by atoms with E-state index in [1.807, 2.05) is 0 Å². The Balaban J connectivity index is 3.16. The van der Waals surface area contributed by atoms with Crippen molar-refractivity contribution < 1.29 is 32.9 Å². The monoisotopic (exact) mass is 320 g/mol. The van der Waals surface area contributed by atoms with Crippen LogP contribution in [0.25, 0.3) is 0 Å². The fourth-order valence-electron chi connectivity index (χ4n) is 1.83. The number of aliphatic hydroxyl groups is 1. The first-order valence-electron chi connectivity index (χ1n) is 6.13. The maximum atomic E-state index is 12.1. The predicted octanol–water partition coefficient (Wildman–Crippen LogP) is 2.23. The maximum absolute atomic E-state index is 12.1. The van der Waals surface area contributed by atoms with E-state index in [0.29, 0.717) is 22.8 Å². The van der Waals surface area contributed by atoms with Crippen LogP contribution in [0, 0.1) is 0 Å². The Morgan fingerprint density at radius 2 is 1.48 bits per heavy atom. The van der Waals surface area contributed by atoms with E-state index in [1.165, 1.54) is 35.5 Å². The molecular weight excluding hydrogens is 299 g/mol. The lowest BCUT2D eigenvalue weighted by molar-refractivity contribution is 0.182. The smallest absolute Gasteiger partial charge is 0.333 e. The van der Waals surface area contributed by atoms with Gasteiger partial charge in [0, 0.05) is 14.2 Å². The number of aliphatic hydroxyl groups excluding tert-OH is 1. The van der Waals surface area contributed by atoms with E-state index in [-0.39, 0.29) is 6.16 Å². The van der Waals surface area contributed by atoms with Gasteiger partial charge in [-0.3, -0.25) is 4.57 Å². The lowest BCUT2D eigenvalue weighted by Crippen LogP contribution is -2.08. The largest absolute Gasteiger partial charge is 0.493 e. The van der Waals surface area contributed by atoms with Crippen LogP contribution >= 0.6 is 7.60 Å². The van der Waals surface area contributed by atoms with Crippen molar-refractivity contribution in [2.24, 2.45) is 0 Å². The van der Waals surface area contributed by atoms with Crippen LogP contribution in [0.15, 0.2) is 12.1 Å². The lowest BCUT2D eigenvalue weighted by atomic mass is 10.1. The Hall–Kier alpha value is -1.27. The standard InChI is InChI=1S/C13H21O7P/c1-16-11-6-9(7-12(17-2)13(11)18-3)10(14)8-21(15,19-4)20-5/h6-7,10,14H,8H2,1-5H3. The first kappa shape index (κ1) is 17.8. The number of hydrogen-bond donors (Lipinski definition) is 1. The highest BCUT2D eigenvalue weighted by molar-refractivity contribution is 7.53. The zero-order chi connectivity index (χ0) is 16.0. The maximum Gasteiger partial charge on any atom is 0.333 e. The number of hydrogen-bond acceptors (Lipinski definition) is 7. The minimum atomic E-state index is -3.33. The van der Waals surface area contributed by atoms with E-state index in [2.05, 4.69) is 0 Å². The summed E-state index contributed by atoms with van der Waals surface area (Å²) in [5, 5.41) is 10.2. The summed E-state index contributed by atoms with van der Waals surface area (Å²) in [6, 6.07) is 3.17. The molecule has 0 heterocycles. The van der Waals surface area contributed by atoms with Crippen molar-refractivity contribution in [2.75, 3.05) is 41.7 Å². The highest BCUT2D eigenvalue weighted by atomic mass is 31.2. The molecule has 7 nitrogen and oxygen atoms in total. The molecule has 0 saturated carbocycles. The Morgan fingerprint density at radius 1 is 1.00 bits per heavy atom. The molecule has 1 aromatic rings. The quantitative estimate of drug-likeness (QED) is 0.735. The molecule has 0 aliphatic rings. The summed E-state index contributed by atoms with van der Waals surface area (Å²) >= 11 is 0. The van der Waals surface area contributed by atoms with Crippen molar-refractivity contribution in [2.45, 2.75) is 6.10 Å². The van der Waals surface area contributed by atoms with Gasteiger partial charge in [-0.05, 0) is 17.7 Å². The Bertz CT molecular complexity index is 484. The van der Waals surface area contributed by atoms with E-state index < -0.39 is 13.7 Å². The second-order valence-corrected chi connectivity index (χ2v) is 6.45. The summed E-state index contributed by atoms with van der Waals surface area (Å²) in [5.41, 5.74) is 0.457. The molecule has 0 bridgehead atoms. The van der Waals surface area contributed by atoms with E-state index in [4.69, 9.17) is 23.3 Å². The molecule has 21 heavy (non-hydrogen) atoms. The molecule has 1 rings (SSSR count). The molecule has 1 aromatic carbocycles. The average molecular weight is 320 g/mol. The average Bonchev–Trinajstić information content (AvgIpc) is 2.52. The predicted molar refractivity (Wildman–Crippen MR) is 77.5 cm³/mol. The molecule has 0 radical (unpaired) electrons. The van der Waals surface area contributed by atoms with Gasteiger partial charge in [0.15, 0.2) is 11.5 Å². The van der Waals surface area contributed by atoms with E-state index in [9.17, 15) is 9.67 Å². The van der Waals surface area contributed by atoms with Gasteiger partial charge in [-0.1, -0.05) is 0 Å². The topological polar surface area (TPSA) is 83.5 Å². The zero-order valence-electron chi connectivity index (χ0n) is 12.8. The second-order valence-electron chi connectivity index (χ2n) is 4.13. The van der Waals surface area contributed by atoms with Crippen LogP contribution in [-0.2, 0) is 13.6 Å². The van der Waals surface area contributed by atoms with Crippen LogP contribution in [-0.4, -0.2) is 46.8 Å². The van der Waals surface area contributed by atoms with Gasteiger partial charge >= 0.3 is 7.60 Å². The minimum absolute atomic E-state index is 0.182. The van der Waals surface area contributed by atoms with Crippen LogP contribution in [0.2, 0.25) is 0 Å². The van der Waals surface area contributed by atoms with Crippen LogP contribution in [0.5, 0.6) is 17.2 Å². The first-order chi connectivity index (χ1) is 9.94. The lowest BCUT2D eigenvalue weighted by Gasteiger charge is -2.20. The molecule has 120 valence electrons. The molecule has 1 unspecified atom stereocenters. The molecule has 0 amide bonds. The van der Waals surface area contributed by atoms with Crippen LogP contribution in [0.4, 0.5) is 0 Å². The normalized spacial score (nSPS) is 12.9. The van der Waals surface area contributed by atoms with Crippen molar-refractivity contribution in [1.29, 1.82) is 0 Å². The third-order valence-electron chi connectivity index (χ3n) is 3.02. The summed E-state index contributed by atoms with van der Waals surface area (Å²) in [5.74, 6) is 1.21. The highest BCUT2D eigenvalue weighted by Crippen LogP contribution is 2.50. The second kappa shape index (κ2) is 7.66. The number of ether oxygens (including phenoxy) is 3. The van der Waals surface area contributed by atoms with Crippen molar-refractivity contribution in [3.8, 4) is 17.2 Å². The SMILES string of the molecule is COc1cc(C(O)CP(=O)(OC)OC)cc(OC)c1OC. The summed E-state index contributed by atoms with van der Waals surface area (Å²) < 4.78 is 37.3. The third kappa shape index (κ3) is 4.11. The molecule has 0 spiro atoms. The molecule has 8 heteroatoms. The van der Waals surface area contributed by atoms with Gasteiger partial charge in [-0.2, -0.15) is 0 Å². The van der Waals surface area contributed by atoms with Gasteiger partial charge < -0.3 is 28.4 Å². The number of methoxy groups -OCH3 is 3. The molecular formula is C13H21O7P. The van der Waals surface area contributed by atoms with Crippen molar-refractivity contribution >= 4 is 7.60 Å². The summed E-state index contributed by atoms with van der Waals surface area (Å²) in [4.78, 5) is 0. The third-order valence-corrected chi connectivity index (χ3v) is 4.93. The molecule has 0 saturated heterocycles. The van der Waals surface area contributed by atoms with Gasteiger partial charge in [0.25, 0.3) is 0 Å². The summed E-state index contributed by atoms with van der Waals surface area (Å²) in [6.07, 6.45) is -1.25. The fourth-order valence-corrected chi connectivity index (χ4v) is 2.92. The fraction of sp³-hybridized carbons (Fsp3) is 0.538. The van der Waals surface area contributed by atoms with Gasteiger partial charge in [0.2, 0.25) is 5.75 Å². The summed E-state index contributed by atoms with van der Waals surface area (Å²) in [6.45, 7) is 0. The first-order valence-corrected chi connectivity index (χ1v) is 7.86. The Morgan fingerprint density at radius 3 is 1.81 bits per heavy atom. The highest BCUT2D eigenvalue weighted by Gasteiger charge is 2.28. The van der Waals surface area contributed by atoms with Crippen LogP contribution in [0.1, 0.15) is 11.7 Å². The van der Waals surface area contributed by atoms with Crippen molar-refractivity contribution in [1.82, 2.24) is 0 Å². The molecule has 0 fully saturated rings. The summed E-state index contributed by atoms with van der Waals surface area (Å²) in [7, 11) is 3.64. The molecule has 0 aliphatic heterocycles. The van der Waals surface area contributed by atoms with Gasteiger partial charge in [0.1, 0.15) is 0 Å². The van der Waals surface area contributed by atoms with Crippen LogP contribution in [0.3, 0.4) is 0 Å². The zero-order valence-corrected chi connectivity index (χ0v) is 13.7. The van der Waals surface area contributed by atoms with Gasteiger partial charge in [-0.15, -0.1) is 0 Å². The van der Waals surface area contributed by atoms with E-state index in [1.54, 1.807) is 12.1 Å². The molecule has 0 aromatic heterocycles. The van der Waals surface area contributed by atoms with Crippen LogP contribution < -0.4 is 14.2 Å². The van der Waals surface area contributed by atoms with Crippen molar-refractivity contribution in [3.63, 3.8) is 0 Å². The van der Waals surface area contributed by atoms with Crippen molar-refractivity contribution in [3.05, 3.63) is 17.7 Å². The van der Waals surface area contributed by atoms with E-state index >= 15 is 0 Å². The Kier molecular flexibility index (Phi) is 6.48. The molecule has 1 atom stereocenters. The van der Waals surface area contributed by atoms with Gasteiger partial charge in [0.05, 0.1) is 33.6 Å². The van der Waals surface area contributed by atoms with E-state index in [0.717, 1.165) is 0 Å². The number of rotatable bonds is 8. The number of benzene rings is 1. The molecule has 0 aliphatic carbocycles. The van der Waals surface area contributed by atoms with Gasteiger partial charge in [-0.25, -0.2) is 0 Å². The minimum Gasteiger partial charge on any atom is -0.493 e.